The highest BCUT2D eigenvalue weighted by Gasteiger charge is 2.50. The Morgan fingerprint density at radius 1 is 0.397 bits per heavy atom. The molecule has 2 heterocycles. The maximum Gasteiger partial charge on any atom is 0.159 e. The Hall–Kier alpha value is -8.73. The number of hydrogen-bond acceptors (Lipinski definition) is 4. The second-order valence-corrected chi connectivity index (χ2v) is 18.3. The molecule has 0 amide bonds. The summed E-state index contributed by atoms with van der Waals surface area (Å²) in [6.45, 7) is 0. The Morgan fingerprint density at radius 2 is 1.09 bits per heavy atom. The van der Waals surface area contributed by atoms with Gasteiger partial charge in [0, 0.05) is 44.2 Å². The van der Waals surface area contributed by atoms with Crippen LogP contribution >= 0.6 is 0 Å². The van der Waals surface area contributed by atoms with Crippen molar-refractivity contribution in [1.82, 2.24) is 4.98 Å². The molecule has 0 unspecified atom stereocenters. The quantitative estimate of drug-likeness (QED) is 0.152. The van der Waals surface area contributed by atoms with E-state index in [-0.39, 0.29) is 5.41 Å². The lowest BCUT2D eigenvalue weighted by molar-refractivity contribution is 0.669. The summed E-state index contributed by atoms with van der Waals surface area (Å²) in [5.74, 6) is 0. The summed E-state index contributed by atoms with van der Waals surface area (Å²) in [4.78, 5) is 9.66. The van der Waals surface area contributed by atoms with Crippen LogP contribution in [0.25, 0.3) is 77.0 Å². The number of para-hydroxylation sites is 3. The lowest BCUT2D eigenvalue weighted by Gasteiger charge is -2.33. The van der Waals surface area contributed by atoms with Crippen LogP contribution in [0.2, 0.25) is 0 Å². The molecule has 4 nitrogen and oxygen atoms in total. The largest absolute Gasteiger partial charge is 0.454 e. The third-order valence-corrected chi connectivity index (χ3v) is 14.5. The highest BCUT2D eigenvalue weighted by molar-refractivity contribution is 6.14. The Labute approximate surface area is 394 Å². The van der Waals surface area contributed by atoms with Gasteiger partial charge in [0.2, 0.25) is 0 Å². The molecular formula is C64H43N3O. The zero-order chi connectivity index (χ0) is 44.8. The van der Waals surface area contributed by atoms with Gasteiger partial charge in [-0.1, -0.05) is 158 Å². The van der Waals surface area contributed by atoms with Crippen molar-refractivity contribution in [3.8, 4) is 33.5 Å². The summed E-state index contributed by atoms with van der Waals surface area (Å²) in [5, 5.41) is 7.26. The summed E-state index contributed by atoms with van der Waals surface area (Å²) in [6, 6.07) is 83.4. The van der Waals surface area contributed by atoms with Crippen molar-refractivity contribution in [1.29, 1.82) is 0 Å². The van der Waals surface area contributed by atoms with E-state index in [1.807, 2.05) is 18.3 Å². The van der Waals surface area contributed by atoms with Crippen LogP contribution in [-0.2, 0) is 5.41 Å². The first-order valence-corrected chi connectivity index (χ1v) is 23.6. The molecule has 320 valence electrons. The highest BCUT2D eigenvalue weighted by Crippen LogP contribution is 2.63. The van der Waals surface area contributed by atoms with Crippen molar-refractivity contribution in [3.63, 3.8) is 0 Å². The summed E-state index contributed by atoms with van der Waals surface area (Å²) in [5.41, 5.74) is 18.1. The molecule has 0 atom stereocenters. The van der Waals surface area contributed by atoms with E-state index in [1.54, 1.807) is 0 Å². The monoisotopic (exact) mass is 869 g/mol. The first kappa shape index (κ1) is 38.5. The molecule has 2 aliphatic carbocycles. The lowest BCUT2D eigenvalue weighted by atomic mass is 9.73. The number of pyridine rings is 1. The van der Waals surface area contributed by atoms with Gasteiger partial charge >= 0.3 is 0 Å². The van der Waals surface area contributed by atoms with E-state index in [0.717, 1.165) is 80.2 Å². The molecular weight excluding hydrogens is 827 g/mol. The third-order valence-electron chi connectivity index (χ3n) is 14.5. The molecule has 1 saturated carbocycles. The minimum atomic E-state index is -0.0292. The minimum Gasteiger partial charge on any atom is -0.454 e. The summed E-state index contributed by atoms with van der Waals surface area (Å²) in [7, 11) is 0. The number of anilines is 6. The molecule has 4 heteroatoms. The van der Waals surface area contributed by atoms with Crippen LogP contribution in [0.3, 0.4) is 0 Å². The molecule has 2 aromatic heterocycles. The van der Waals surface area contributed by atoms with Crippen LogP contribution < -0.4 is 9.80 Å². The van der Waals surface area contributed by atoms with E-state index >= 15 is 0 Å². The number of nitrogens with zero attached hydrogens (tertiary/aromatic N) is 3. The number of hydrogen-bond donors (Lipinski definition) is 0. The van der Waals surface area contributed by atoms with Crippen LogP contribution in [-0.4, -0.2) is 4.98 Å². The first-order valence-electron chi connectivity index (χ1n) is 23.6. The maximum atomic E-state index is 6.68. The molecule has 1 spiro atoms. The lowest BCUT2D eigenvalue weighted by Crippen LogP contribution is -2.17. The number of furan rings is 1. The Balaban J connectivity index is 0.858. The SMILES string of the molecule is c1ccc(-c2ccc(N(c3ccc(-c4ccc5c(c4)C4(CC4)c4ccc(N(c6ccccc6)c6cccc7c6oc6ccccc67)c6cccc-5c46)cc3)c3ccc4ccccc4c3)cn2)cc1. The molecule has 12 aromatic rings. The molecule has 0 N–H and O–H groups in total. The topological polar surface area (TPSA) is 32.5 Å². The van der Waals surface area contributed by atoms with Gasteiger partial charge in [-0.3, -0.25) is 4.98 Å². The van der Waals surface area contributed by atoms with Crippen molar-refractivity contribution < 1.29 is 4.42 Å². The molecule has 0 aliphatic heterocycles. The first-order chi connectivity index (χ1) is 33.7. The Bertz CT molecular complexity index is 3910. The van der Waals surface area contributed by atoms with Crippen LogP contribution in [0.15, 0.2) is 241 Å². The van der Waals surface area contributed by atoms with Crippen molar-refractivity contribution in [2.24, 2.45) is 0 Å². The molecule has 2 aliphatic rings. The third kappa shape index (κ3) is 6.04. The number of benzene rings is 10. The average Bonchev–Trinajstić information content (AvgIpc) is 4.12. The van der Waals surface area contributed by atoms with E-state index in [4.69, 9.17) is 9.40 Å². The average molecular weight is 870 g/mol. The van der Waals surface area contributed by atoms with Gasteiger partial charge in [0.1, 0.15) is 5.58 Å². The fraction of sp³-hybridized carbons (Fsp3) is 0.0469. The van der Waals surface area contributed by atoms with E-state index in [2.05, 4.69) is 228 Å². The fourth-order valence-electron chi connectivity index (χ4n) is 11.1. The number of fused-ring (bicyclic) bond motifs is 8. The molecule has 68 heavy (non-hydrogen) atoms. The van der Waals surface area contributed by atoms with E-state index in [0.29, 0.717) is 0 Å². The standard InChI is InChI=1S/C64H43N3O/c1-3-14-44(15-4-1)58-35-32-50(41-65-58)66(49-31-27-42-13-7-8-16-45(42)39-49)48-29-25-43(26-30-48)46-28-33-51-53-20-11-22-55-59(36-34-56(62(53)55)64(37-38-64)57(51)40-46)67(47-17-5-2-6-18-47)60-23-12-21-54-52-19-9-10-24-61(52)68-63(54)60/h1-36,39-41H,37-38H2. The number of aromatic nitrogens is 1. The van der Waals surface area contributed by atoms with Gasteiger partial charge < -0.3 is 14.2 Å². The van der Waals surface area contributed by atoms with Crippen LogP contribution in [0.5, 0.6) is 0 Å². The molecule has 10 aromatic carbocycles. The number of rotatable bonds is 8. The molecule has 0 saturated heterocycles. The normalized spacial score (nSPS) is 13.3. The smallest absolute Gasteiger partial charge is 0.159 e. The fourth-order valence-corrected chi connectivity index (χ4v) is 11.1. The van der Waals surface area contributed by atoms with E-state index < -0.39 is 0 Å². The zero-order valence-corrected chi connectivity index (χ0v) is 37.2. The Morgan fingerprint density at radius 3 is 1.91 bits per heavy atom. The Kier molecular flexibility index (Phi) is 8.59. The van der Waals surface area contributed by atoms with E-state index in [9.17, 15) is 0 Å². The van der Waals surface area contributed by atoms with Gasteiger partial charge in [-0.15, -0.1) is 0 Å². The van der Waals surface area contributed by atoms with Gasteiger partial charge in [0.05, 0.1) is 29.0 Å². The summed E-state index contributed by atoms with van der Waals surface area (Å²) >= 11 is 0. The van der Waals surface area contributed by atoms with Crippen molar-refractivity contribution in [3.05, 3.63) is 248 Å². The second-order valence-electron chi connectivity index (χ2n) is 18.3. The van der Waals surface area contributed by atoms with Gasteiger partial charge in [0.25, 0.3) is 0 Å². The second kappa shape index (κ2) is 15.2. The van der Waals surface area contributed by atoms with Crippen LogP contribution in [0, 0.1) is 0 Å². The molecule has 0 radical (unpaired) electrons. The van der Waals surface area contributed by atoms with Gasteiger partial charge in [0.15, 0.2) is 5.58 Å². The van der Waals surface area contributed by atoms with Crippen LogP contribution in [0.1, 0.15) is 24.0 Å². The van der Waals surface area contributed by atoms with E-state index in [1.165, 1.54) is 54.9 Å². The highest BCUT2D eigenvalue weighted by atomic mass is 16.3. The molecule has 14 rings (SSSR count). The predicted octanol–water partition coefficient (Wildman–Crippen LogP) is 17.6. The van der Waals surface area contributed by atoms with Crippen molar-refractivity contribution in [2.45, 2.75) is 18.3 Å². The van der Waals surface area contributed by atoms with Gasteiger partial charge in [-0.2, -0.15) is 0 Å². The predicted molar refractivity (Wildman–Crippen MR) is 282 cm³/mol. The summed E-state index contributed by atoms with van der Waals surface area (Å²) in [6.07, 6.45) is 4.25. The summed E-state index contributed by atoms with van der Waals surface area (Å²) < 4.78 is 6.68. The van der Waals surface area contributed by atoms with Crippen molar-refractivity contribution in [2.75, 3.05) is 9.80 Å². The minimum absolute atomic E-state index is 0.0292. The van der Waals surface area contributed by atoms with Crippen LogP contribution in [0.4, 0.5) is 34.1 Å². The van der Waals surface area contributed by atoms with Crippen molar-refractivity contribution >= 4 is 77.6 Å². The van der Waals surface area contributed by atoms with Gasteiger partial charge in [-0.05, 0) is 135 Å². The molecule has 1 fully saturated rings. The van der Waals surface area contributed by atoms with Gasteiger partial charge in [-0.25, -0.2) is 0 Å². The molecule has 0 bridgehead atoms. The zero-order valence-electron chi connectivity index (χ0n) is 37.2. The maximum absolute atomic E-state index is 6.68.